The number of hydrogen-bond donors (Lipinski definition) is 1. The molecule has 0 spiro atoms. The molecule has 3 rings (SSSR count). The number of rotatable bonds is 7. The van der Waals surface area contributed by atoms with Gasteiger partial charge in [-0.05, 0) is 30.3 Å². The van der Waals surface area contributed by atoms with Crippen molar-refractivity contribution in [3.8, 4) is 0 Å². The summed E-state index contributed by atoms with van der Waals surface area (Å²) >= 11 is 0. The van der Waals surface area contributed by atoms with Crippen molar-refractivity contribution in [3.05, 3.63) is 94.8 Å². The smallest absolute Gasteiger partial charge is 0.271 e. The molecule has 0 amide bonds. The monoisotopic (exact) mass is 450 g/mol. The van der Waals surface area contributed by atoms with Crippen molar-refractivity contribution in [2.45, 2.75) is 14.5 Å². The van der Waals surface area contributed by atoms with E-state index in [9.17, 15) is 31.3 Å². The van der Waals surface area contributed by atoms with Crippen LogP contribution in [-0.4, -0.2) is 26.5 Å². The zero-order chi connectivity index (χ0) is 21.9. The van der Waals surface area contributed by atoms with Crippen LogP contribution in [0.15, 0.2) is 88.7 Å². The number of anilines is 1. The van der Waals surface area contributed by atoms with Crippen molar-refractivity contribution in [1.29, 1.82) is 0 Å². The normalized spacial score (nSPS) is 11.9. The van der Waals surface area contributed by atoms with E-state index in [1.165, 1.54) is 48.5 Å². The van der Waals surface area contributed by atoms with Gasteiger partial charge in [0.1, 0.15) is 5.82 Å². The van der Waals surface area contributed by atoms with Crippen LogP contribution in [0.3, 0.4) is 0 Å². The molecule has 0 unspecified atom stereocenters. The second kappa shape index (κ2) is 8.20. The summed E-state index contributed by atoms with van der Waals surface area (Å²) in [4.78, 5) is 9.57. The molecule has 0 saturated heterocycles. The van der Waals surface area contributed by atoms with Crippen LogP contribution in [0.2, 0.25) is 0 Å². The second-order valence-electron chi connectivity index (χ2n) is 6.11. The Balaban J connectivity index is 2.19. The molecule has 11 heteroatoms. The number of nitrogens with one attached hydrogen (secondary N) is 1. The SMILES string of the molecule is O=[N+]([O-])c1ccc(F)c(NC(S(=O)(=O)c2ccccc2)S(=O)(=O)c2ccccc2)c1. The predicted molar refractivity (Wildman–Crippen MR) is 108 cm³/mol. The van der Waals surface area contributed by atoms with Gasteiger partial charge in [-0.3, -0.25) is 10.1 Å². The highest BCUT2D eigenvalue weighted by Gasteiger charge is 2.40. The van der Waals surface area contributed by atoms with Crippen LogP contribution >= 0.6 is 0 Å². The van der Waals surface area contributed by atoms with Crippen molar-refractivity contribution in [3.63, 3.8) is 0 Å². The zero-order valence-electron chi connectivity index (χ0n) is 15.2. The topological polar surface area (TPSA) is 123 Å². The molecule has 0 aliphatic rings. The second-order valence-corrected chi connectivity index (χ2v) is 10.5. The molecule has 0 aromatic heterocycles. The van der Waals surface area contributed by atoms with Crippen LogP contribution in [0, 0.1) is 15.9 Å². The van der Waals surface area contributed by atoms with Gasteiger partial charge in [-0.1, -0.05) is 36.4 Å². The van der Waals surface area contributed by atoms with Crippen LogP contribution in [0.5, 0.6) is 0 Å². The molecular formula is C19H15FN2O6S2. The fourth-order valence-corrected chi connectivity index (χ4v) is 6.79. The molecule has 0 saturated carbocycles. The Morgan fingerprint density at radius 2 is 1.27 bits per heavy atom. The Labute approximate surface area is 172 Å². The Kier molecular flexibility index (Phi) is 5.85. The average molecular weight is 450 g/mol. The van der Waals surface area contributed by atoms with E-state index in [0.29, 0.717) is 0 Å². The Morgan fingerprint density at radius 1 is 0.800 bits per heavy atom. The van der Waals surface area contributed by atoms with Crippen LogP contribution in [0.25, 0.3) is 0 Å². The lowest BCUT2D eigenvalue weighted by Crippen LogP contribution is -2.38. The molecule has 0 aliphatic heterocycles. The third-order valence-electron chi connectivity index (χ3n) is 4.14. The maximum absolute atomic E-state index is 14.3. The molecule has 0 atom stereocenters. The molecule has 8 nitrogen and oxygen atoms in total. The highest BCUT2D eigenvalue weighted by Crippen LogP contribution is 2.29. The van der Waals surface area contributed by atoms with Crippen molar-refractivity contribution in [2.24, 2.45) is 0 Å². The molecule has 3 aromatic rings. The van der Waals surface area contributed by atoms with Gasteiger partial charge in [0, 0.05) is 12.1 Å². The zero-order valence-corrected chi connectivity index (χ0v) is 16.8. The van der Waals surface area contributed by atoms with Crippen LogP contribution in [-0.2, 0) is 19.7 Å². The maximum atomic E-state index is 14.3. The van der Waals surface area contributed by atoms with Gasteiger partial charge in [0.2, 0.25) is 24.4 Å². The Morgan fingerprint density at radius 3 is 1.70 bits per heavy atom. The minimum Gasteiger partial charge on any atom is -0.354 e. The molecule has 0 aliphatic carbocycles. The third-order valence-corrected chi connectivity index (χ3v) is 8.88. The molecule has 156 valence electrons. The summed E-state index contributed by atoms with van der Waals surface area (Å²) in [6.07, 6.45) is 0. The van der Waals surface area contributed by atoms with E-state index >= 15 is 0 Å². The van der Waals surface area contributed by atoms with Crippen LogP contribution in [0.1, 0.15) is 0 Å². The molecule has 1 N–H and O–H groups in total. The quantitative estimate of drug-likeness (QED) is 0.432. The number of nitrogens with zero attached hydrogens (tertiary/aromatic N) is 1. The van der Waals surface area contributed by atoms with Gasteiger partial charge >= 0.3 is 0 Å². The van der Waals surface area contributed by atoms with Crippen molar-refractivity contribution in [2.75, 3.05) is 5.32 Å². The van der Waals surface area contributed by atoms with E-state index in [2.05, 4.69) is 5.32 Å². The number of nitro groups is 1. The maximum Gasteiger partial charge on any atom is 0.271 e. The molecule has 30 heavy (non-hydrogen) atoms. The Bertz CT molecular complexity index is 1210. The number of non-ortho nitro benzene ring substituents is 1. The van der Waals surface area contributed by atoms with E-state index in [1.54, 1.807) is 12.1 Å². The summed E-state index contributed by atoms with van der Waals surface area (Å²) < 4.78 is 64.7. The standard InChI is InChI=1S/C19H15FN2O6S2/c20-17-12-11-14(22(23)24)13-18(17)21-19(29(25,26)15-7-3-1-4-8-15)30(27,28)16-9-5-2-6-10-16/h1-13,19,21H. The molecule has 0 radical (unpaired) electrons. The minimum atomic E-state index is -4.59. The summed E-state index contributed by atoms with van der Waals surface area (Å²) in [7, 11) is -9.18. The summed E-state index contributed by atoms with van der Waals surface area (Å²) in [6.45, 7) is 0. The molecule has 3 aromatic carbocycles. The first-order chi connectivity index (χ1) is 14.1. The molecular weight excluding hydrogens is 435 g/mol. The first kappa shape index (κ1) is 21.4. The van der Waals surface area contributed by atoms with Gasteiger partial charge in [0.05, 0.1) is 20.4 Å². The molecule has 0 bridgehead atoms. The molecule has 0 heterocycles. The number of sulfone groups is 2. The molecule has 0 fully saturated rings. The van der Waals surface area contributed by atoms with Gasteiger partial charge in [-0.2, -0.15) is 0 Å². The largest absolute Gasteiger partial charge is 0.354 e. The summed E-state index contributed by atoms with van der Waals surface area (Å²) in [5, 5.41) is 13.2. The van der Waals surface area contributed by atoms with Gasteiger partial charge in [-0.25, -0.2) is 21.2 Å². The van der Waals surface area contributed by atoms with Crippen molar-refractivity contribution >= 4 is 31.0 Å². The van der Waals surface area contributed by atoms with Gasteiger partial charge in [0.15, 0.2) is 0 Å². The number of halogens is 1. The number of benzene rings is 3. The predicted octanol–water partition coefficient (Wildman–Crippen LogP) is 3.38. The lowest BCUT2D eigenvalue weighted by atomic mass is 10.2. The van der Waals surface area contributed by atoms with E-state index in [4.69, 9.17) is 0 Å². The fourth-order valence-electron chi connectivity index (χ4n) is 2.65. The van der Waals surface area contributed by atoms with Crippen molar-refractivity contribution in [1.82, 2.24) is 0 Å². The first-order valence-electron chi connectivity index (χ1n) is 8.42. The van der Waals surface area contributed by atoms with E-state index in [0.717, 1.165) is 18.2 Å². The summed E-state index contributed by atoms with van der Waals surface area (Å²) in [6, 6.07) is 15.9. The average Bonchev–Trinajstić information content (AvgIpc) is 2.74. The van der Waals surface area contributed by atoms with E-state index < -0.39 is 46.5 Å². The number of nitro benzene ring substituents is 1. The fraction of sp³-hybridized carbons (Fsp3) is 0.0526. The lowest BCUT2D eigenvalue weighted by Gasteiger charge is -2.21. The minimum absolute atomic E-state index is 0.312. The van der Waals surface area contributed by atoms with Crippen LogP contribution < -0.4 is 5.32 Å². The van der Waals surface area contributed by atoms with E-state index in [-0.39, 0.29) is 9.79 Å². The van der Waals surface area contributed by atoms with E-state index in [1.807, 2.05) is 0 Å². The third kappa shape index (κ3) is 4.16. The number of hydrogen-bond acceptors (Lipinski definition) is 7. The highest BCUT2D eigenvalue weighted by molar-refractivity contribution is 8.09. The summed E-state index contributed by atoms with van der Waals surface area (Å²) in [5.41, 5.74) is -1.17. The lowest BCUT2D eigenvalue weighted by molar-refractivity contribution is -0.384. The first-order valence-corrected chi connectivity index (χ1v) is 11.5. The van der Waals surface area contributed by atoms with Gasteiger partial charge in [-0.15, -0.1) is 0 Å². The Hall–Kier alpha value is -3.31. The highest BCUT2D eigenvalue weighted by atomic mass is 32.3. The summed E-state index contributed by atoms with van der Waals surface area (Å²) in [5.74, 6) is -1.04. The van der Waals surface area contributed by atoms with Crippen molar-refractivity contribution < 1.29 is 26.1 Å². The van der Waals surface area contributed by atoms with Gasteiger partial charge in [0.25, 0.3) is 5.69 Å². The van der Waals surface area contributed by atoms with Crippen LogP contribution in [0.4, 0.5) is 15.8 Å². The van der Waals surface area contributed by atoms with Gasteiger partial charge < -0.3 is 5.32 Å².